The number of Topliss-reactive ketones (excluding diaryl/α,β-unsaturated/α-hetero) is 2. The first-order valence-electron chi connectivity index (χ1n) is 21.3. The number of ether oxygens (including phenoxy) is 5. The lowest BCUT2D eigenvalue weighted by atomic mass is 9.81. The van der Waals surface area contributed by atoms with E-state index in [4.69, 9.17) is 23.7 Å². The van der Waals surface area contributed by atoms with Crippen molar-refractivity contribution in [1.29, 1.82) is 0 Å². The number of ketones is 2. The highest BCUT2D eigenvalue weighted by molar-refractivity contribution is 6.39. The van der Waals surface area contributed by atoms with Gasteiger partial charge in [0.25, 0.3) is 11.7 Å². The maximum atomic E-state index is 14.3. The van der Waals surface area contributed by atoms with Crippen LogP contribution in [0.2, 0.25) is 0 Å². The fourth-order valence-corrected chi connectivity index (χ4v) is 9.60. The minimum Gasteiger partial charge on any atom is -0.456 e. The third-order valence-electron chi connectivity index (χ3n) is 13.1. The maximum Gasteiger partial charge on any atom is 0.329 e. The van der Waals surface area contributed by atoms with Gasteiger partial charge >= 0.3 is 5.97 Å². The van der Waals surface area contributed by atoms with Crippen LogP contribution in [0, 0.1) is 29.6 Å². The number of methoxy groups -OCH3 is 3. The number of esters is 1. The minimum absolute atomic E-state index is 0.000416. The number of rotatable bonds is 7. The molecule has 0 aromatic carbocycles. The molecule has 13 unspecified atom stereocenters. The first-order valence-corrected chi connectivity index (χ1v) is 21.3. The Bertz CT molecular complexity index is 1450. The number of allylic oxidation sites excluding steroid dienone is 3. The van der Waals surface area contributed by atoms with Gasteiger partial charge < -0.3 is 43.9 Å². The molecule has 57 heavy (non-hydrogen) atoms. The molecule has 0 aromatic heterocycles. The fraction of sp³-hybridized carbons (Fsp3) is 0.818. The lowest BCUT2D eigenvalue weighted by molar-refractivity contribution is -0.302. The lowest BCUT2D eigenvalue weighted by Gasteiger charge is -2.47. The van der Waals surface area contributed by atoms with Gasteiger partial charge in [-0.2, -0.15) is 0 Å². The second-order valence-electron chi connectivity index (χ2n) is 17.5. The van der Waals surface area contributed by atoms with Crippen molar-refractivity contribution in [2.45, 2.75) is 173 Å². The molecular formula is C44H71NO12. The second kappa shape index (κ2) is 21.1. The standard InChI is InChI=1S/C44H71NO12/c1-10-13-31-19-25(2)18-26(3)20-37(54-8)40-38(55-9)22-28(5)44(52,57-40)41(49)42(50)45-17-12-11-14-32(45)43(51)56-39(29(6)34(47)24-35(31)48)27(4)21-30-15-16-33(46)36(23-30)53-7/h19,21,26,28-34,36-40,46-47,52H,10-18,20,22-24H2,1-9H3/t26?,28?,29?,30?,31?,32?,33?,34?,36?,37?,38?,39?,40?,44-/m1/s1. The van der Waals surface area contributed by atoms with Gasteiger partial charge in [0.1, 0.15) is 24.0 Å². The highest BCUT2D eigenvalue weighted by Crippen LogP contribution is 2.39. The highest BCUT2D eigenvalue weighted by Gasteiger charge is 2.56. The third-order valence-corrected chi connectivity index (χ3v) is 13.1. The van der Waals surface area contributed by atoms with Crippen LogP contribution in [0.4, 0.5) is 0 Å². The van der Waals surface area contributed by atoms with Gasteiger partial charge in [-0.15, -0.1) is 0 Å². The molecule has 3 aliphatic heterocycles. The molecule has 13 nitrogen and oxygen atoms in total. The van der Waals surface area contributed by atoms with E-state index in [2.05, 4.69) is 6.92 Å². The molecule has 1 amide bonds. The number of aliphatic hydroxyl groups is 3. The summed E-state index contributed by atoms with van der Waals surface area (Å²) in [5, 5.41) is 34.2. The molecule has 1 aliphatic carbocycles. The van der Waals surface area contributed by atoms with Crippen molar-refractivity contribution in [2.24, 2.45) is 29.6 Å². The topological polar surface area (TPSA) is 178 Å². The number of hydrogen-bond acceptors (Lipinski definition) is 12. The van der Waals surface area contributed by atoms with Crippen LogP contribution < -0.4 is 0 Å². The zero-order valence-corrected chi connectivity index (χ0v) is 35.8. The summed E-state index contributed by atoms with van der Waals surface area (Å²) in [5.74, 6) is -7.46. The number of carbonyl (C=O) groups excluding carboxylic acids is 4. The van der Waals surface area contributed by atoms with Crippen molar-refractivity contribution < 1.29 is 58.2 Å². The number of piperidine rings is 1. The molecule has 13 heteroatoms. The monoisotopic (exact) mass is 805 g/mol. The molecule has 0 radical (unpaired) electrons. The molecule has 3 fully saturated rings. The summed E-state index contributed by atoms with van der Waals surface area (Å²) in [4.78, 5) is 57.9. The van der Waals surface area contributed by atoms with E-state index >= 15 is 0 Å². The minimum atomic E-state index is -2.50. The molecule has 0 aromatic rings. The number of carbonyl (C=O) groups is 4. The second-order valence-corrected chi connectivity index (χ2v) is 17.5. The van der Waals surface area contributed by atoms with Gasteiger partial charge in [0, 0.05) is 52.0 Å². The quantitative estimate of drug-likeness (QED) is 0.181. The van der Waals surface area contributed by atoms with Gasteiger partial charge in [0.05, 0.1) is 30.5 Å². The summed E-state index contributed by atoms with van der Waals surface area (Å²) >= 11 is 0. The van der Waals surface area contributed by atoms with Crippen LogP contribution >= 0.6 is 0 Å². The van der Waals surface area contributed by atoms with Gasteiger partial charge in [-0.05, 0) is 95.5 Å². The van der Waals surface area contributed by atoms with Crippen molar-refractivity contribution >= 4 is 23.4 Å². The van der Waals surface area contributed by atoms with Gasteiger partial charge in [-0.25, -0.2) is 4.79 Å². The molecule has 1 saturated carbocycles. The maximum absolute atomic E-state index is 14.3. The van der Waals surface area contributed by atoms with Crippen molar-refractivity contribution in [1.82, 2.24) is 4.90 Å². The summed E-state index contributed by atoms with van der Waals surface area (Å²) in [6, 6.07) is -1.13. The van der Waals surface area contributed by atoms with Crippen molar-refractivity contribution in [3.8, 4) is 0 Å². The van der Waals surface area contributed by atoms with Crippen LogP contribution in [0.1, 0.15) is 119 Å². The van der Waals surface area contributed by atoms with E-state index in [1.54, 1.807) is 21.0 Å². The molecule has 2 saturated heterocycles. The van der Waals surface area contributed by atoms with Crippen LogP contribution in [0.3, 0.4) is 0 Å². The number of nitrogens with zero attached hydrogens (tertiary/aromatic N) is 1. The Labute approximate surface area is 339 Å². The molecule has 3 heterocycles. The largest absolute Gasteiger partial charge is 0.456 e. The van der Waals surface area contributed by atoms with E-state index < -0.39 is 83.9 Å². The molecule has 14 atom stereocenters. The van der Waals surface area contributed by atoms with E-state index in [0.29, 0.717) is 56.9 Å². The van der Waals surface area contributed by atoms with E-state index in [1.165, 1.54) is 19.1 Å². The SMILES string of the molecule is CCCC1C=C(C)CC(C)CC(OC)C2O[C@@](O)(C(=O)C(=O)N3CCCCC3C(=O)OC(C(C)=CC3CCC(O)C(OC)C3)C(C)C(O)CC1=O)C(C)CC2OC. The molecule has 0 spiro atoms. The van der Waals surface area contributed by atoms with Crippen molar-refractivity contribution in [3.05, 3.63) is 23.3 Å². The van der Waals surface area contributed by atoms with E-state index in [9.17, 15) is 34.5 Å². The normalized spacial score (nSPS) is 40.1. The number of cyclic esters (lactones) is 1. The summed E-state index contributed by atoms with van der Waals surface area (Å²) in [7, 11) is 4.64. The van der Waals surface area contributed by atoms with Crippen LogP contribution in [-0.2, 0) is 42.9 Å². The molecule has 324 valence electrons. The fourth-order valence-electron chi connectivity index (χ4n) is 9.60. The number of amides is 1. The Morgan fingerprint density at radius 1 is 0.912 bits per heavy atom. The van der Waals surface area contributed by atoms with Gasteiger partial charge in [-0.1, -0.05) is 51.8 Å². The van der Waals surface area contributed by atoms with Crippen LogP contribution in [0.15, 0.2) is 23.3 Å². The zero-order valence-electron chi connectivity index (χ0n) is 35.8. The highest BCUT2D eigenvalue weighted by atomic mass is 16.7. The van der Waals surface area contributed by atoms with Crippen molar-refractivity contribution in [3.63, 3.8) is 0 Å². The molecule has 3 N–H and O–H groups in total. The Hall–Kier alpha value is -2.52. The van der Waals surface area contributed by atoms with Crippen LogP contribution in [-0.4, -0.2) is 126 Å². The first-order chi connectivity index (χ1) is 27.0. The first kappa shape index (κ1) is 47.2. The summed E-state index contributed by atoms with van der Waals surface area (Å²) in [5.41, 5.74) is 1.67. The summed E-state index contributed by atoms with van der Waals surface area (Å²) < 4.78 is 29.8. The molecular weight excluding hydrogens is 734 g/mol. The van der Waals surface area contributed by atoms with Crippen molar-refractivity contribution in [2.75, 3.05) is 27.9 Å². The predicted octanol–water partition coefficient (Wildman–Crippen LogP) is 4.86. The van der Waals surface area contributed by atoms with Gasteiger partial charge in [-0.3, -0.25) is 14.4 Å². The average Bonchev–Trinajstić information content (AvgIpc) is 3.18. The molecule has 2 bridgehead atoms. The molecule has 4 aliphatic rings. The predicted molar refractivity (Wildman–Crippen MR) is 213 cm³/mol. The third kappa shape index (κ3) is 11.4. The Kier molecular flexibility index (Phi) is 17.5. The number of fused-ring (bicyclic) bond motifs is 3. The summed E-state index contributed by atoms with van der Waals surface area (Å²) in [6.45, 7) is 11.4. The number of hydrogen-bond donors (Lipinski definition) is 3. The lowest BCUT2D eigenvalue weighted by Crippen LogP contribution is -2.64. The average molecular weight is 806 g/mol. The van der Waals surface area contributed by atoms with E-state index in [0.717, 1.165) is 12.0 Å². The zero-order chi connectivity index (χ0) is 42.2. The van der Waals surface area contributed by atoms with Gasteiger partial charge in [0.15, 0.2) is 0 Å². The Morgan fingerprint density at radius 3 is 2.23 bits per heavy atom. The molecule has 4 rings (SSSR count). The summed E-state index contributed by atoms with van der Waals surface area (Å²) in [6.07, 6.45) is 4.60. The smallest absolute Gasteiger partial charge is 0.329 e. The van der Waals surface area contributed by atoms with E-state index in [1.807, 2.05) is 32.9 Å². The van der Waals surface area contributed by atoms with E-state index in [-0.39, 0.29) is 49.5 Å². The number of aliphatic hydroxyl groups excluding tert-OH is 2. The van der Waals surface area contributed by atoms with Crippen LogP contribution in [0.5, 0.6) is 0 Å². The van der Waals surface area contributed by atoms with Crippen LogP contribution in [0.25, 0.3) is 0 Å². The van der Waals surface area contributed by atoms with Gasteiger partial charge in [0.2, 0.25) is 5.79 Å². The Balaban J connectivity index is 1.77. The Morgan fingerprint density at radius 2 is 1.58 bits per heavy atom.